The number of aliphatic imine (C=N–C) groups is 1. The van der Waals surface area contributed by atoms with Gasteiger partial charge in [-0.15, -0.1) is 0 Å². The van der Waals surface area contributed by atoms with Crippen LogP contribution in [-0.2, 0) is 15.7 Å². The molecule has 0 spiro atoms. The molecule has 1 fully saturated rings. The Kier molecular flexibility index (Phi) is 8.80. The minimum absolute atomic E-state index is 0.0309. The largest absolute Gasteiger partial charge is 0.398 e. The third-order valence-electron chi connectivity index (χ3n) is 5.99. The van der Waals surface area contributed by atoms with Gasteiger partial charge in [0.05, 0.1) is 22.3 Å². The molecule has 1 aromatic heterocycles. The predicted octanol–water partition coefficient (Wildman–Crippen LogP) is 4.78. The molecule has 38 heavy (non-hydrogen) atoms. The van der Waals surface area contributed by atoms with Crippen molar-refractivity contribution >= 4 is 40.0 Å². The number of aromatic nitrogens is 1. The summed E-state index contributed by atoms with van der Waals surface area (Å²) < 4.78 is 63.9. The van der Waals surface area contributed by atoms with Crippen LogP contribution in [0, 0.1) is 17.5 Å². The van der Waals surface area contributed by atoms with Gasteiger partial charge >= 0.3 is 0 Å². The summed E-state index contributed by atoms with van der Waals surface area (Å²) in [6.07, 6.45) is 4.80. The van der Waals surface area contributed by atoms with Gasteiger partial charge in [0.25, 0.3) is 0 Å². The summed E-state index contributed by atoms with van der Waals surface area (Å²) in [5, 5.41) is 0. The maximum Gasteiger partial charge on any atom is 0.156 e. The second kappa shape index (κ2) is 12.2. The molecule has 11 heteroatoms. The standard InChI is InChI=1S/C27H28F3N5O2S/c1-35(2)25-14-17(8-11-32-25)21(16-33-19-9-12-37-13-10-19)27(31)20-4-3-5-23(26(20)30)34-38(36)24-15-18(28)6-7-22(24)29/h3-8,11,14-16,19,34H,9-10,12-13,31H2,1-2H3. The number of rotatable bonds is 8. The molecule has 3 aromatic rings. The van der Waals surface area contributed by atoms with Gasteiger partial charge in [-0.05, 0) is 60.9 Å². The lowest BCUT2D eigenvalue weighted by molar-refractivity contribution is 0.0872. The van der Waals surface area contributed by atoms with E-state index in [-0.39, 0.29) is 23.0 Å². The number of nitrogens with two attached hydrogens (primary N) is 1. The van der Waals surface area contributed by atoms with Crippen LogP contribution < -0.4 is 15.4 Å². The van der Waals surface area contributed by atoms with E-state index < -0.39 is 33.3 Å². The van der Waals surface area contributed by atoms with Crippen LogP contribution in [-0.4, -0.2) is 48.8 Å². The first kappa shape index (κ1) is 27.3. The molecule has 1 unspecified atom stereocenters. The Morgan fingerprint density at radius 1 is 1.16 bits per heavy atom. The average Bonchev–Trinajstić information content (AvgIpc) is 2.92. The second-order valence-corrected chi connectivity index (χ2v) is 10.0. The summed E-state index contributed by atoms with van der Waals surface area (Å²) in [4.78, 5) is 10.4. The number of anilines is 2. The second-order valence-electron chi connectivity index (χ2n) is 8.86. The Bertz CT molecular complexity index is 1390. The van der Waals surface area contributed by atoms with E-state index in [0.29, 0.717) is 30.2 Å². The fourth-order valence-electron chi connectivity index (χ4n) is 3.88. The number of ether oxygens (including phenoxy) is 1. The monoisotopic (exact) mass is 543 g/mol. The van der Waals surface area contributed by atoms with Crippen molar-refractivity contribution in [3.8, 4) is 0 Å². The summed E-state index contributed by atoms with van der Waals surface area (Å²) in [5.74, 6) is -1.76. The Balaban J connectivity index is 1.75. The van der Waals surface area contributed by atoms with Crippen LogP contribution in [0.3, 0.4) is 0 Å². The van der Waals surface area contributed by atoms with Gasteiger partial charge in [-0.2, -0.15) is 0 Å². The molecule has 0 bridgehead atoms. The van der Waals surface area contributed by atoms with Crippen LogP contribution >= 0.6 is 0 Å². The normalized spacial score (nSPS) is 15.8. The first-order valence-corrected chi connectivity index (χ1v) is 13.1. The molecule has 1 aliphatic heterocycles. The molecule has 1 aliphatic rings. The highest BCUT2D eigenvalue weighted by atomic mass is 32.2. The van der Waals surface area contributed by atoms with Crippen LogP contribution in [0.5, 0.6) is 0 Å². The van der Waals surface area contributed by atoms with Gasteiger partial charge in [-0.25, -0.2) is 22.4 Å². The van der Waals surface area contributed by atoms with Crippen LogP contribution in [0.15, 0.2) is 64.6 Å². The van der Waals surface area contributed by atoms with Gasteiger partial charge in [0.15, 0.2) is 16.8 Å². The van der Waals surface area contributed by atoms with E-state index in [1.807, 2.05) is 25.1 Å². The quantitative estimate of drug-likeness (QED) is 0.399. The molecular weight excluding hydrogens is 515 g/mol. The first-order valence-electron chi connectivity index (χ1n) is 11.9. The molecule has 7 nitrogen and oxygen atoms in total. The minimum Gasteiger partial charge on any atom is -0.398 e. The molecule has 2 heterocycles. The molecule has 1 atom stereocenters. The van der Waals surface area contributed by atoms with E-state index in [1.165, 1.54) is 18.2 Å². The lowest BCUT2D eigenvalue weighted by atomic mass is 10.00. The molecule has 1 saturated heterocycles. The first-order chi connectivity index (χ1) is 18.2. The van der Waals surface area contributed by atoms with Crippen molar-refractivity contribution in [3.63, 3.8) is 0 Å². The van der Waals surface area contributed by atoms with Gasteiger partial charge in [-0.3, -0.25) is 9.71 Å². The summed E-state index contributed by atoms with van der Waals surface area (Å²) in [5.41, 5.74) is 7.65. The number of nitrogens with one attached hydrogen (secondary N) is 1. The topological polar surface area (TPSA) is 92.8 Å². The van der Waals surface area contributed by atoms with Crippen LogP contribution in [0.1, 0.15) is 24.0 Å². The Hall–Kier alpha value is -3.70. The van der Waals surface area contributed by atoms with E-state index in [9.17, 15) is 13.0 Å². The van der Waals surface area contributed by atoms with Crippen molar-refractivity contribution in [3.05, 3.63) is 83.3 Å². The maximum atomic E-state index is 15.7. The van der Waals surface area contributed by atoms with E-state index in [0.717, 1.165) is 31.0 Å². The van der Waals surface area contributed by atoms with Crippen molar-refractivity contribution in [1.82, 2.24) is 4.98 Å². The predicted molar refractivity (Wildman–Crippen MR) is 145 cm³/mol. The number of halogens is 3. The van der Waals surface area contributed by atoms with Gasteiger partial charge in [0, 0.05) is 50.9 Å². The van der Waals surface area contributed by atoms with Crippen LogP contribution in [0.25, 0.3) is 11.3 Å². The summed E-state index contributed by atoms with van der Waals surface area (Å²) >= 11 is 0. The van der Waals surface area contributed by atoms with Gasteiger partial charge in [0.2, 0.25) is 0 Å². The molecule has 4 rings (SSSR count). The molecule has 0 amide bonds. The molecule has 200 valence electrons. The Morgan fingerprint density at radius 2 is 1.92 bits per heavy atom. The zero-order valence-electron chi connectivity index (χ0n) is 21.0. The van der Waals surface area contributed by atoms with Crippen molar-refractivity contribution in [2.45, 2.75) is 23.8 Å². The van der Waals surface area contributed by atoms with E-state index in [4.69, 9.17) is 15.5 Å². The molecule has 2 aromatic carbocycles. The Morgan fingerprint density at radius 3 is 2.66 bits per heavy atom. The van der Waals surface area contributed by atoms with Crippen molar-refractivity contribution in [1.29, 1.82) is 0 Å². The molecule has 0 radical (unpaired) electrons. The highest BCUT2D eigenvalue weighted by Crippen LogP contribution is 2.29. The fourth-order valence-corrected chi connectivity index (χ4v) is 4.81. The molecular formula is C27H28F3N5O2S. The number of pyridine rings is 1. The zero-order valence-corrected chi connectivity index (χ0v) is 21.8. The van der Waals surface area contributed by atoms with Crippen LogP contribution in [0.4, 0.5) is 24.7 Å². The summed E-state index contributed by atoms with van der Waals surface area (Å²) in [6.45, 7) is 1.23. The minimum atomic E-state index is -2.26. The number of hydrogen-bond acceptors (Lipinski definition) is 6. The molecule has 3 N–H and O–H groups in total. The van der Waals surface area contributed by atoms with E-state index >= 15 is 4.39 Å². The average molecular weight is 544 g/mol. The highest BCUT2D eigenvalue weighted by Gasteiger charge is 2.19. The SMILES string of the molecule is CN(C)c1cc(C(C=NC2CCOCC2)=C(N)c2cccc(NS(=O)c3cc(F)ccc3F)c2F)ccn1. The molecule has 0 aliphatic carbocycles. The van der Waals surface area contributed by atoms with Gasteiger partial charge < -0.3 is 15.4 Å². The molecule has 0 saturated carbocycles. The van der Waals surface area contributed by atoms with E-state index in [2.05, 4.69) is 9.71 Å². The fraction of sp³-hybridized carbons (Fsp3) is 0.259. The van der Waals surface area contributed by atoms with E-state index in [1.54, 1.807) is 18.5 Å². The van der Waals surface area contributed by atoms with Crippen molar-refractivity contribution < 1.29 is 22.1 Å². The number of hydrogen-bond donors (Lipinski definition) is 2. The van der Waals surface area contributed by atoms with Crippen LogP contribution in [0.2, 0.25) is 0 Å². The summed E-state index contributed by atoms with van der Waals surface area (Å²) in [7, 11) is 1.44. The summed E-state index contributed by atoms with van der Waals surface area (Å²) in [6, 6.07) is 10.5. The number of nitrogens with zero attached hydrogens (tertiary/aromatic N) is 3. The third kappa shape index (κ3) is 6.40. The highest BCUT2D eigenvalue weighted by molar-refractivity contribution is 7.86. The number of benzene rings is 2. The number of allylic oxidation sites excluding steroid dienone is 1. The van der Waals surface area contributed by atoms with Crippen molar-refractivity contribution in [2.24, 2.45) is 10.7 Å². The maximum absolute atomic E-state index is 15.7. The third-order valence-corrected chi connectivity index (χ3v) is 7.11. The van der Waals surface area contributed by atoms with Gasteiger partial charge in [0.1, 0.15) is 17.5 Å². The van der Waals surface area contributed by atoms with Crippen molar-refractivity contribution in [2.75, 3.05) is 36.9 Å². The lowest BCUT2D eigenvalue weighted by Gasteiger charge is -2.19. The Labute approximate surface area is 221 Å². The lowest BCUT2D eigenvalue weighted by Crippen LogP contribution is -2.19. The smallest absolute Gasteiger partial charge is 0.156 e. The zero-order chi connectivity index (χ0) is 27.2. The van der Waals surface area contributed by atoms with Gasteiger partial charge in [-0.1, -0.05) is 6.07 Å².